The Morgan fingerprint density at radius 1 is 1.17 bits per heavy atom. The van der Waals surface area contributed by atoms with Crippen LogP contribution in [0.2, 0.25) is 0 Å². The Labute approximate surface area is 108 Å². The third-order valence-corrected chi connectivity index (χ3v) is 4.94. The monoisotopic (exact) mass is 269 g/mol. The van der Waals surface area contributed by atoms with Crippen molar-refractivity contribution in [2.45, 2.75) is 4.90 Å². The molecule has 2 rings (SSSR count). The van der Waals surface area contributed by atoms with E-state index in [-0.39, 0.29) is 0 Å². The fourth-order valence-electron chi connectivity index (χ4n) is 2.04. The number of nitrogens with one attached hydrogen (secondary N) is 1. The highest BCUT2D eigenvalue weighted by Gasteiger charge is 2.24. The van der Waals surface area contributed by atoms with Crippen LogP contribution < -0.4 is 10.2 Å². The van der Waals surface area contributed by atoms with Gasteiger partial charge in [-0.25, -0.2) is 12.7 Å². The van der Waals surface area contributed by atoms with Crippen molar-refractivity contribution in [3.8, 4) is 0 Å². The second kappa shape index (κ2) is 5.26. The lowest BCUT2D eigenvalue weighted by Gasteiger charge is -2.31. The Morgan fingerprint density at radius 3 is 2.39 bits per heavy atom. The molecule has 1 aliphatic rings. The summed E-state index contributed by atoms with van der Waals surface area (Å²) in [5.74, 6) is 0. The van der Waals surface area contributed by atoms with E-state index in [1.54, 1.807) is 26.2 Å². The molecule has 1 N–H and O–H groups in total. The molecule has 100 valence electrons. The van der Waals surface area contributed by atoms with Crippen LogP contribution in [0.5, 0.6) is 0 Å². The standard InChI is InChI=1S/C12H19N3O2S/c1-14(2)18(16,17)12-6-4-3-5-11(12)15-9-7-13-8-10-15/h3-6,13H,7-10H2,1-2H3. The number of sulfonamides is 1. The van der Waals surface area contributed by atoms with Crippen LogP contribution in [0.25, 0.3) is 0 Å². The number of hydrogen-bond acceptors (Lipinski definition) is 4. The predicted molar refractivity (Wildman–Crippen MR) is 72.4 cm³/mol. The number of rotatable bonds is 3. The highest BCUT2D eigenvalue weighted by molar-refractivity contribution is 7.89. The van der Waals surface area contributed by atoms with Crippen molar-refractivity contribution in [3.63, 3.8) is 0 Å². The van der Waals surface area contributed by atoms with E-state index in [1.807, 2.05) is 12.1 Å². The largest absolute Gasteiger partial charge is 0.368 e. The van der Waals surface area contributed by atoms with Crippen LogP contribution in [0, 0.1) is 0 Å². The number of nitrogens with zero attached hydrogens (tertiary/aromatic N) is 2. The second-order valence-electron chi connectivity index (χ2n) is 4.49. The van der Waals surface area contributed by atoms with E-state index in [0.717, 1.165) is 31.9 Å². The maximum atomic E-state index is 12.3. The minimum absolute atomic E-state index is 0.386. The molecule has 1 aliphatic heterocycles. The van der Waals surface area contributed by atoms with Crippen LogP contribution in [0.4, 0.5) is 5.69 Å². The summed E-state index contributed by atoms with van der Waals surface area (Å²) in [5, 5.41) is 3.26. The van der Waals surface area contributed by atoms with Crippen molar-refractivity contribution in [2.75, 3.05) is 45.2 Å². The summed E-state index contributed by atoms with van der Waals surface area (Å²) in [7, 11) is -0.267. The SMILES string of the molecule is CN(C)S(=O)(=O)c1ccccc1N1CCNCC1. The quantitative estimate of drug-likeness (QED) is 0.860. The minimum Gasteiger partial charge on any atom is -0.368 e. The van der Waals surface area contributed by atoms with Gasteiger partial charge in [0.05, 0.1) is 5.69 Å². The molecule has 5 nitrogen and oxygen atoms in total. The van der Waals surface area contributed by atoms with Crippen molar-refractivity contribution in [1.29, 1.82) is 0 Å². The number of benzene rings is 1. The van der Waals surface area contributed by atoms with Gasteiger partial charge in [-0.3, -0.25) is 0 Å². The van der Waals surface area contributed by atoms with Gasteiger partial charge in [-0.1, -0.05) is 12.1 Å². The normalized spacial score (nSPS) is 17.2. The molecule has 0 spiro atoms. The van der Waals surface area contributed by atoms with Crippen LogP contribution in [-0.4, -0.2) is 53.0 Å². The third kappa shape index (κ3) is 2.50. The van der Waals surface area contributed by atoms with Gasteiger partial charge < -0.3 is 10.2 Å². The molecule has 1 saturated heterocycles. The molecule has 0 amide bonds. The predicted octanol–water partition coefficient (Wildman–Crippen LogP) is 0.347. The maximum absolute atomic E-state index is 12.3. The fraction of sp³-hybridized carbons (Fsp3) is 0.500. The first-order valence-corrected chi connectivity index (χ1v) is 7.45. The van der Waals surface area contributed by atoms with E-state index in [1.165, 1.54) is 4.31 Å². The first-order valence-electron chi connectivity index (χ1n) is 6.00. The summed E-state index contributed by atoms with van der Waals surface area (Å²) in [6.07, 6.45) is 0. The van der Waals surface area contributed by atoms with Crippen molar-refractivity contribution >= 4 is 15.7 Å². The summed E-state index contributed by atoms with van der Waals surface area (Å²) >= 11 is 0. The molecule has 1 aromatic rings. The Balaban J connectivity index is 2.42. The average Bonchev–Trinajstić information content (AvgIpc) is 2.39. The van der Waals surface area contributed by atoms with E-state index in [0.29, 0.717) is 4.90 Å². The van der Waals surface area contributed by atoms with Crippen LogP contribution in [0.3, 0.4) is 0 Å². The van der Waals surface area contributed by atoms with Crippen LogP contribution in [-0.2, 0) is 10.0 Å². The molecule has 0 saturated carbocycles. The molecule has 0 atom stereocenters. The summed E-state index contributed by atoms with van der Waals surface area (Å²) < 4.78 is 25.8. The second-order valence-corrected chi connectivity index (χ2v) is 6.61. The van der Waals surface area contributed by atoms with Crippen LogP contribution >= 0.6 is 0 Å². The number of hydrogen-bond donors (Lipinski definition) is 1. The van der Waals surface area contributed by atoms with Gasteiger partial charge in [0.2, 0.25) is 10.0 Å². The van der Waals surface area contributed by atoms with Gasteiger partial charge in [0.15, 0.2) is 0 Å². The molecular formula is C12H19N3O2S. The molecule has 6 heteroatoms. The van der Waals surface area contributed by atoms with Gasteiger partial charge in [-0.05, 0) is 12.1 Å². The lowest BCUT2D eigenvalue weighted by molar-refractivity contribution is 0.519. The summed E-state index contributed by atoms with van der Waals surface area (Å²) in [6, 6.07) is 7.20. The van der Waals surface area contributed by atoms with Crippen molar-refractivity contribution in [2.24, 2.45) is 0 Å². The Hall–Kier alpha value is -1.11. The van der Waals surface area contributed by atoms with Gasteiger partial charge >= 0.3 is 0 Å². The smallest absolute Gasteiger partial charge is 0.244 e. The minimum atomic E-state index is -3.39. The summed E-state index contributed by atoms with van der Waals surface area (Å²) in [4.78, 5) is 2.50. The lowest BCUT2D eigenvalue weighted by Crippen LogP contribution is -2.44. The molecular weight excluding hydrogens is 250 g/mol. The molecule has 1 heterocycles. The third-order valence-electron chi connectivity index (χ3n) is 3.08. The summed E-state index contributed by atoms with van der Waals surface area (Å²) in [5.41, 5.74) is 0.799. The highest BCUT2D eigenvalue weighted by atomic mass is 32.2. The molecule has 0 radical (unpaired) electrons. The Kier molecular flexibility index (Phi) is 3.89. The van der Waals surface area contributed by atoms with E-state index in [2.05, 4.69) is 10.2 Å². The number of para-hydroxylation sites is 1. The molecule has 0 unspecified atom stereocenters. The first kappa shape index (κ1) is 13.3. The van der Waals surface area contributed by atoms with E-state index in [9.17, 15) is 8.42 Å². The number of anilines is 1. The molecule has 0 aliphatic carbocycles. The summed E-state index contributed by atoms with van der Waals surface area (Å²) in [6.45, 7) is 3.44. The molecule has 0 aromatic heterocycles. The highest BCUT2D eigenvalue weighted by Crippen LogP contribution is 2.26. The molecule has 1 fully saturated rings. The zero-order chi connectivity index (χ0) is 13.2. The molecule has 1 aromatic carbocycles. The van der Waals surface area contributed by atoms with Crippen molar-refractivity contribution < 1.29 is 8.42 Å². The van der Waals surface area contributed by atoms with E-state index in [4.69, 9.17) is 0 Å². The van der Waals surface area contributed by atoms with Gasteiger partial charge in [-0.15, -0.1) is 0 Å². The van der Waals surface area contributed by atoms with Crippen molar-refractivity contribution in [1.82, 2.24) is 9.62 Å². The van der Waals surface area contributed by atoms with E-state index < -0.39 is 10.0 Å². The zero-order valence-electron chi connectivity index (χ0n) is 10.8. The van der Waals surface area contributed by atoms with Crippen LogP contribution in [0.1, 0.15) is 0 Å². The Morgan fingerprint density at radius 2 is 1.78 bits per heavy atom. The van der Waals surface area contributed by atoms with Gasteiger partial charge in [0, 0.05) is 40.3 Å². The zero-order valence-corrected chi connectivity index (χ0v) is 11.6. The topological polar surface area (TPSA) is 52.7 Å². The van der Waals surface area contributed by atoms with Gasteiger partial charge in [0.1, 0.15) is 4.90 Å². The van der Waals surface area contributed by atoms with Gasteiger partial charge in [0.25, 0.3) is 0 Å². The number of piperazine rings is 1. The average molecular weight is 269 g/mol. The maximum Gasteiger partial charge on any atom is 0.244 e. The van der Waals surface area contributed by atoms with Crippen LogP contribution in [0.15, 0.2) is 29.2 Å². The first-order chi connectivity index (χ1) is 8.53. The Bertz CT molecular complexity index is 508. The van der Waals surface area contributed by atoms with Crippen molar-refractivity contribution in [3.05, 3.63) is 24.3 Å². The lowest BCUT2D eigenvalue weighted by atomic mass is 10.2. The van der Waals surface area contributed by atoms with E-state index >= 15 is 0 Å². The fourth-order valence-corrected chi connectivity index (χ4v) is 3.14. The van der Waals surface area contributed by atoms with Gasteiger partial charge in [-0.2, -0.15) is 0 Å². The molecule has 0 bridgehead atoms. The molecule has 18 heavy (non-hydrogen) atoms.